The zero-order valence-corrected chi connectivity index (χ0v) is 19.7. The molecule has 1 saturated heterocycles. The van der Waals surface area contributed by atoms with Crippen molar-refractivity contribution in [2.75, 3.05) is 25.0 Å². The predicted octanol–water partition coefficient (Wildman–Crippen LogP) is 4.50. The highest BCUT2D eigenvalue weighted by atomic mass is 19.1. The number of aromatic nitrogens is 4. The Labute approximate surface area is 202 Å². The average Bonchev–Trinajstić information content (AvgIpc) is 3.46. The molecule has 0 bridgehead atoms. The fourth-order valence-electron chi connectivity index (χ4n) is 4.57. The highest BCUT2D eigenvalue weighted by Crippen LogP contribution is 2.28. The van der Waals surface area contributed by atoms with Crippen LogP contribution in [0.3, 0.4) is 0 Å². The molecule has 8 nitrogen and oxygen atoms in total. The largest absolute Gasteiger partial charge is 0.339 e. The van der Waals surface area contributed by atoms with Crippen LogP contribution in [0.5, 0.6) is 0 Å². The number of halogens is 1. The summed E-state index contributed by atoms with van der Waals surface area (Å²) in [5.74, 6) is 0.482. The molecule has 180 valence electrons. The minimum Gasteiger partial charge on any atom is -0.339 e. The molecule has 0 spiro atoms. The predicted molar refractivity (Wildman–Crippen MR) is 130 cm³/mol. The van der Waals surface area contributed by atoms with Crippen molar-refractivity contribution in [3.8, 4) is 17.1 Å². The minimum absolute atomic E-state index is 0.0238. The standard InChI is InChI=1S/C26H27FN6O2/c1-17-24(18(2)33(30-17)22-11-4-3-5-12-22)28-23(34)16-32-13-7-9-20(15-32)26-29-25(31-35-26)19-8-6-10-21(27)14-19/h3-6,8,10-12,14,20H,7,9,13,15-16H2,1-2H3,(H,28,34). The molecule has 5 rings (SSSR count). The Balaban J connectivity index is 1.23. The van der Waals surface area contributed by atoms with Gasteiger partial charge in [-0.2, -0.15) is 10.1 Å². The Hall–Kier alpha value is -3.85. The Morgan fingerprint density at radius 3 is 2.80 bits per heavy atom. The van der Waals surface area contributed by atoms with E-state index in [1.807, 2.05) is 48.9 Å². The van der Waals surface area contributed by atoms with Gasteiger partial charge in [0, 0.05) is 12.1 Å². The number of aryl methyl sites for hydroxylation is 1. The van der Waals surface area contributed by atoms with Gasteiger partial charge in [0.25, 0.3) is 0 Å². The quantitative estimate of drug-likeness (QED) is 0.443. The van der Waals surface area contributed by atoms with Crippen molar-refractivity contribution in [1.82, 2.24) is 24.8 Å². The maximum Gasteiger partial charge on any atom is 0.238 e. The van der Waals surface area contributed by atoms with Crippen molar-refractivity contribution < 1.29 is 13.7 Å². The van der Waals surface area contributed by atoms with E-state index in [0.717, 1.165) is 42.1 Å². The lowest BCUT2D eigenvalue weighted by Crippen LogP contribution is -2.40. The summed E-state index contributed by atoms with van der Waals surface area (Å²) in [7, 11) is 0. The van der Waals surface area contributed by atoms with Gasteiger partial charge in [-0.3, -0.25) is 9.69 Å². The second-order valence-electron chi connectivity index (χ2n) is 8.88. The van der Waals surface area contributed by atoms with Crippen LogP contribution in [0.25, 0.3) is 17.1 Å². The van der Waals surface area contributed by atoms with Gasteiger partial charge in [-0.15, -0.1) is 0 Å². The van der Waals surface area contributed by atoms with Crippen LogP contribution < -0.4 is 5.32 Å². The van der Waals surface area contributed by atoms with Crippen molar-refractivity contribution >= 4 is 11.6 Å². The summed E-state index contributed by atoms with van der Waals surface area (Å²) in [5.41, 5.74) is 3.92. The first-order chi connectivity index (χ1) is 17.0. The molecule has 9 heteroatoms. The number of carbonyl (C=O) groups excluding carboxylic acids is 1. The van der Waals surface area contributed by atoms with Crippen molar-refractivity contribution in [3.63, 3.8) is 0 Å². The number of nitrogens with one attached hydrogen (secondary N) is 1. The SMILES string of the molecule is Cc1nn(-c2ccccc2)c(C)c1NC(=O)CN1CCCC(c2nc(-c3cccc(F)c3)no2)C1. The van der Waals surface area contributed by atoms with Gasteiger partial charge in [0.2, 0.25) is 17.6 Å². The summed E-state index contributed by atoms with van der Waals surface area (Å²) in [4.78, 5) is 19.5. The molecule has 2 aromatic heterocycles. The first-order valence-corrected chi connectivity index (χ1v) is 11.7. The van der Waals surface area contributed by atoms with Crippen molar-refractivity contribution in [2.45, 2.75) is 32.6 Å². The maximum atomic E-state index is 13.5. The molecule has 0 radical (unpaired) electrons. The number of nitrogens with zero attached hydrogens (tertiary/aromatic N) is 5. The second-order valence-corrected chi connectivity index (χ2v) is 8.88. The fourth-order valence-corrected chi connectivity index (χ4v) is 4.57. The molecule has 1 atom stereocenters. The number of hydrogen-bond donors (Lipinski definition) is 1. The second kappa shape index (κ2) is 9.79. The molecule has 0 aliphatic carbocycles. The van der Waals surface area contributed by atoms with E-state index in [0.29, 0.717) is 23.8 Å². The van der Waals surface area contributed by atoms with Crippen LogP contribution in [0.1, 0.15) is 36.0 Å². The molecule has 1 aliphatic rings. The molecule has 1 N–H and O–H groups in total. The third-order valence-corrected chi connectivity index (χ3v) is 6.30. The van der Waals surface area contributed by atoms with Crippen LogP contribution in [-0.4, -0.2) is 50.4 Å². The van der Waals surface area contributed by atoms with Crippen LogP contribution >= 0.6 is 0 Å². The first-order valence-electron chi connectivity index (χ1n) is 11.7. The fraction of sp³-hybridized carbons (Fsp3) is 0.308. The van der Waals surface area contributed by atoms with Gasteiger partial charge < -0.3 is 9.84 Å². The van der Waals surface area contributed by atoms with E-state index in [4.69, 9.17) is 4.52 Å². The maximum absolute atomic E-state index is 13.5. The number of benzene rings is 2. The highest BCUT2D eigenvalue weighted by Gasteiger charge is 2.28. The van der Waals surface area contributed by atoms with Crippen LogP contribution in [0.15, 0.2) is 59.1 Å². The van der Waals surface area contributed by atoms with E-state index in [9.17, 15) is 9.18 Å². The number of hydrogen-bond acceptors (Lipinski definition) is 6. The first kappa shape index (κ1) is 22.9. The number of piperidine rings is 1. The van der Waals surface area contributed by atoms with E-state index in [1.165, 1.54) is 12.1 Å². The number of likely N-dealkylation sites (tertiary alicyclic amines) is 1. The molecule has 1 amide bonds. The van der Waals surface area contributed by atoms with Gasteiger partial charge in [-0.1, -0.05) is 35.5 Å². The molecule has 1 unspecified atom stereocenters. The van der Waals surface area contributed by atoms with Gasteiger partial charge in [0.15, 0.2) is 0 Å². The van der Waals surface area contributed by atoms with E-state index in [2.05, 4.69) is 25.5 Å². The topological polar surface area (TPSA) is 89.1 Å². The van der Waals surface area contributed by atoms with Crippen LogP contribution in [0, 0.1) is 19.7 Å². The lowest BCUT2D eigenvalue weighted by molar-refractivity contribution is -0.117. The van der Waals surface area contributed by atoms with E-state index in [-0.39, 0.29) is 24.2 Å². The molecule has 4 aromatic rings. The van der Waals surface area contributed by atoms with Gasteiger partial charge >= 0.3 is 0 Å². The van der Waals surface area contributed by atoms with E-state index in [1.54, 1.807) is 12.1 Å². The van der Waals surface area contributed by atoms with Crippen LogP contribution in [0.4, 0.5) is 10.1 Å². The van der Waals surface area contributed by atoms with Crippen molar-refractivity contribution in [2.24, 2.45) is 0 Å². The Morgan fingerprint density at radius 1 is 1.17 bits per heavy atom. The number of carbonyl (C=O) groups is 1. The number of rotatable bonds is 6. The number of anilines is 1. The highest BCUT2D eigenvalue weighted by molar-refractivity contribution is 5.93. The molecule has 1 aliphatic heterocycles. The number of para-hydroxylation sites is 1. The minimum atomic E-state index is -0.344. The van der Waals surface area contributed by atoms with Gasteiger partial charge in [-0.05, 0) is 57.5 Å². The van der Waals surface area contributed by atoms with Crippen molar-refractivity contribution in [3.05, 3.63) is 77.7 Å². The molecule has 1 fully saturated rings. The summed E-state index contributed by atoms with van der Waals surface area (Å²) in [6.45, 7) is 5.56. The Morgan fingerprint density at radius 2 is 2.00 bits per heavy atom. The van der Waals surface area contributed by atoms with Gasteiger partial charge in [-0.25, -0.2) is 9.07 Å². The molecular formula is C26H27FN6O2. The zero-order chi connectivity index (χ0) is 24.4. The zero-order valence-electron chi connectivity index (χ0n) is 19.7. The van der Waals surface area contributed by atoms with E-state index < -0.39 is 0 Å². The molecule has 0 saturated carbocycles. The van der Waals surface area contributed by atoms with Crippen molar-refractivity contribution in [1.29, 1.82) is 0 Å². The average molecular weight is 475 g/mol. The smallest absolute Gasteiger partial charge is 0.238 e. The third-order valence-electron chi connectivity index (χ3n) is 6.30. The molecule has 35 heavy (non-hydrogen) atoms. The van der Waals surface area contributed by atoms with E-state index >= 15 is 0 Å². The summed E-state index contributed by atoms with van der Waals surface area (Å²) in [6.07, 6.45) is 1.81. The lowest BCUT2D eigenvalue weighted by Gasteiger charge is -2.30. The monoisotopic (exact) mass is 474 g/mol. The molecule has 2 aromatic carbocycles. The van der Waals surface area contributed by atoms with Gasteiger partial charge in [0.05, 0.1) is 35.2 Å². The molecule has 3 heterocycles. The summed E-state index contributed by atoms with van der Waals surface area (Å²) >= 11 is 0. The summed E-state index contributed by atoms with van der Waals surface area (Å²) < 4.78 is 20.9. The lowest BCUT2D eigenvalue weighted by atomic mass is 9.98. The van der Waals surface area contributed by atoms with Crippen LogP contribution in [0.2, 0.25) is 0 Å². The Bertz CT molecular complexity index is 1330. The normalized spacial score (nSPS) is 16.4. The summed E-state index contributed by atoms with van der Waals surface area (Å²) in [5, 5.41) is 11.7. The number of amides is 1. The Kier molecular flexibility index (Phi) is 6.41. The van der Waals surface area contributed by atoms with Crippen LogP contribution in [-0.2, 0) is 4.79 Å². The summed E-state index contributed by atoms with van der Waals surface area (Å²) in [6, 6.07) is 16.0. The van der Waals surface area contributed by atoms with Gasteiger partial charge in [0.1, 0.15) is 5.82 Å². The third kappa shape index (κ3) is 5.00. The molecular weight excluding hydrogens is 447 g/mol.